The maximum atomic E-state index is 11.8. The molecule has 3 N–H and O–H groups in total. The second-order valence-electron chi connectivity index (χ2n) is 15.7. The van der Waals surface area contributed by atoms with Crippen molar-refractivity contribution in [2.24, 2.45) is 28.6 Å². The van der Waals surface area contributed by atoms with E-state index in [1.165, 1.54) is 115 Å². The predicted octanol–water partition coefficient (Wildman–Crippen LogP) is 11.0. The zero-order valence-corrected chi connectivity index (χ0v) is 31.5. The lowest BCUT2D eigenvalue weighted by Crippen LogP contribution is -2.55. The molecule has 5 atom stereocenters. The van der Waals surface area contributed by atoms with E-state index in [1.54, 1.807) is 0 Å². The Hall–Kier alpha value is -2.13. The Morgan fingerprint density at radius 2 is 1.35 bits per heavy atom. The number of fused-ring (bicyclic) bond motifs is 3. The maximum Gasteiger partial charge on any atom is 0.339 e. The van der Waals surface area contributed by atoms with Gasteiger partial charge < -0.3 is 14.9 Å². The van der Waals surface area contributed by atoms with E-state index in [-0.39, 0.29) is 11.3 Å². The van der Waals surface area contributed by atoms with Crippen molar-refractivity contribution in [3.05, 3.63) is 23.8 Å². The summed E-state index contributed by atoms with van der Waals surface area (Å²) in [7, 11) is -4.45. The van der Waals surface area contributed by atoms with Crippen molar-refractivity contribution in [2.45, 2.75) is 173 Å². The number of aliphatic carboxylic acids is 1. The van der Waals surface area contributed by atoms with E-state index in [1.807, 2.05) is 6.92 Å². The summed E-state index contributed by atoms with van der Waals surface area (Å²) in [5.41, 5.74) is -0.431. The highest BCUT2D eigenvalue weighted by molar-refractivity contribution is 7.85. The number of ether oxygens (including phenoxy) is 1. The average Bonchev–Trinajstić information content (AvgIpc) is 3.06. The van der Waals surface area contributed by atoms with Crippen LogP contribution in [0.3, 0.4) is 0 Å². The highest BCUT2D eigenvalue weighted by Crippen LogP contribution is 2.63. The molecule has 280 valence electrons. The minimum Gasteiger partial charge on any atom is -0.493 e. The summed E-state index contributed by atoms with van der Waals surface area (Å²) in [6.45, 7) is 7.08. The van der Waals surface area contributed by atoms with Gasteiger partial charge in [-0.25, -0.2) is 4.79 Å². The molecule has 1 aromatic rings. The molecular formula is C40H66O8S. The largest absolute Gasteiger partial charge is 0.493 e. The highest BCUT2D eigenvalue weighted by atomic mass is 32.2. The first-order chi connectivity index (χ1) is 23.3. The summed E-state index contributed by atoms with van der Waals surface area (Å²) < 4.78 is 36.9. The van der Waals surface area contributed by atoms with Crippen LogP contribution in [-0.4, -0.2) is 41.7 Å². The number of aromatic carboxylic acids is 1. The van der Waals surface area contributed by atoms with Crippen molar-refractivity contribution >= 4 is 22.1 Å². The van der Waals surface area contributed by atoms with Crippen molar-refractivity contribution in [3.8, 4) is 5.75 Å². The lowest BCUT2D eigenvalue weighted by molar-refractivity contribution is -0.171. The van der Waals surface area contributed by atoms with Gasteiger partial charge in [0.15, 0.2) is 0 Å². The topological polar surface area (TPSA) is 138 Å². The van der Waals surface area contributed by atoms with Crippen LogP contribution in [0.1, 0.15) is 179 Å². The van der Waals surface area contributed by atoms with E-state index in [0.29, 0.717) is 17.9 Å². The summed E-state index contributed by atoms with van der Waals surface area (Å²) in [5, 5.41) is 19.0. The fourth-order valence-electron chi connectivity index (χ4n) is 9.50. The number of carbonyl (C=O) groups is 2. The average molecular weight is 707 g/mol. The zero-order chi connectivity index (χ0) is 35.9. The van der Waals surface area contributed by atoms with Gasteiger partial charge in [0, 0.05) is 0 Å². The van der Waals surface area contributed by atoms with Crippen molar-refractivity contribution in [1.29, 1.82) is 0 Å². The smallest absolute Gasteiger partial charge is 0.339 e. The van der Waals surface area contributed by atoms with Crippen LogP contribution < -0.4 is 4.74 Å². The summed E-state index contributed by atoms with van der Waals surface area (Å²) in [4.78, 5) is 22.7. The van der Waals surface area contributed by atoms with E-state index in [0.717, 1.165) is 62.5 Å². The Bertz CT molecular complexity index is 1280. The molecule has 0 aliphatic heterocycles. The molecule has 3 aliphatic carbocycles. The van der Waals surface area contributed by atoms with E-state index in [2.05, 4.69) is 13.8 Å². The van der Waals surface area contributed by atoms with Crippen LogP contribution >= 0.6 is 0 Å². The Kier molecular flexibility index (Phi) is 16.9. The minimum atomic E-state index is -4.45. The third-order valence-corrected chi connectivity index (χ3v) is 13.1. The number of carboxylic acids is 2. The molecule has 0 saturated heterocycles. The van der Waals surface area contributed by atoms with Crippen molar-refractivity contribution in [2.75, 3.05) is 6.61 Å². The monoisotopic (exact) mass is 706 g/mol. The first kappa shape index (κ1) is 41.3. The summed E-state index contributed by atoms with van der Waals surface area (Å²) >= 11 is 0. The lowest BCUT2D eigenvalue weighted by atomic mass is 9.44. The molecule has 9 heteroatoms. The second-order valence-corrected chi connectivity index (χ2v) is 17.2. The van der Waals surface area contributed by atoms with Crippen LogP contribution in [0.15, 0.2) is 23.1 Å². The van der Waals surface area contributed by atoms with Crippen LogP contribution in [-0.2, 0) is 14.9 Å². The van der Waals surface area contributed by atoms with Crippen LogP contribution in [0.2, 0.25) is 0 Å². The van der Waals surface area contributed by atoms with Gasteiger partial charge in [-0.1, -0.05) is 123 Å². The van der Waals surface area contributed by atoms with Gasteiger partial charge in [-0.2, -0.15) is 8.42 Å². The Morgan fingerprint density at radius 3 is 1.90 bits per heavy atom. The molecule has 8 nitrogen and oxygen atoms in total. The molecule has 0 heterocycles. The first-order valence-electron chi connectivity index (χ1n) is 19.6. The summed E-state index contributed by atoms with van der Waals surface area (Å²) in [5.74, 6) is 0.384. The van der Waals surface area contributed by atoms with Gasteiger partial charge in [0.05, 0.1) is 16.9 Å². The fraction of sp³-hybridized carbons (Fsp3) is 0.800. The molecule has 1 aromatic carbocycles. The van der Waals surface area contributed by atoms with E-state index in [9.17, 15) is 28.2 Å². The zero-order valence-electron chi connectivity index (χ0n) is 30.7. The SMILES string of the molecule is CCCCCCCCCCCCCCCCOc1ccc(S(=O)(=O)O)cc1C(=O)O.C[C@]12CCC[C@](C)(C(=O)O)C1CCC1CCCCC12. The Morgan fingerprint density at radius 1 is 0.776 bits per heavy atom. The number of carboxylic acid groups (broad SMARTS) is 2. The molecule has 0 radical (unpaired) electrons. The van der Waals surface area contributed by atoms with Gasteiger partial charge in [0.25, 0.3) is 10.1 Å². The van der Waals surface area contributed by atoms with Crippen LogP contribution in [0, 0.1) is 28.6 Å². The number of rotatable bonds is 19. The molecule has 0 amide bonds. The third kappa shape index (κ3) is 12.0. The molecule has 0 spiro atoms. The number of hydrogen-bond donors (Lipinski definition) is 3. The molecular weight excluding hydrogens is 640 g/mol. The third-order valence-electron chi connectivity index (χ3n) is 12.3. The summed E-state index contributed by atoms with van der Waals surface area (Å²) in [6, 6.07) is 3.33. The molecule has 3 unspecified atom stereocenters. The molecule has 49 heavy (non-hydrogen) atoms. The summed E-state index contributed by atoms with van der Waals surface area (Å²) in [6.07, 6.45) is 28.8. The molecule has 0 bridgehead atoms. The van der Waals surface area contributed by atoms with Crippen molar-refractivity contribution < 1.29 is 37.5 Å². The van der Waals surface area contributed by atoms with Crippen molar-refractivity contribution in [3.63, 3.8) is 0 Å². The first-order valence-corrected chi connectivity index (χ1v) is 21.0. The van der Waals surface area contributed by atoms with E-state index in [4.69, 9.17) is 9.29 Å². The van der Waals surface area contributed by atoms with E-state index < -0.39 is 32.4 Å². The molecule has 4 rings (SSSR count). The van der Waals surface area contributed by atoms with Gasteiger partial charge in [-0.3, -0.25) is 9.35 Å². The lowest BCUT2D eigenvalue weighted by Gasteiger charge is -2.60. The van der Waals surface area contributed by atoms with Gasteiger partial charge >= 0.3 is 11.9 Å². The highest BCUT2D eigenvalue weighted by Gasteiger charge is 2.58. The normalized spacial score (nSPS) is 26.5. The maximum absolute atomic E-state index is 11.8. The molecule has 3 saturated carbocycles. The standard InChI is InChI=1S/C23H38O6S.C17H28O2/c1-2-3-4-5-6-7-8-9-10-11-12-13-14-15-18-29-22-17-16-20(30(26,27)28)19-21(22)23(24)25;1-16-10-5-11-17(2,15(18)19)14(16)9-8-12-6-3-4-7-13(12)16/h16-17,19H,2-15,18H2,1H3,(H,24,25)(H,26,27,28);12-14H,3-11H2,1-2H3,(H,18,19)/t;12?,13?,14?,16-,17+/m.1/s1. The van der Waals surface area contributed by atoms with E-state index >= 15 is 0 Å². The van der Waals surface area contributed by atoms with Crippen molar-refractivity contribution in [1.82, 2.24) is 0 Å². The number of hydrogen-bond acceptors (Lipinski definition) is 5. The Labute approximate surface area is 296 Å². The van der Waals surface area contributed by atoms with Gasteiger partial charge in [0.2, 0.25) is 0 Å². The number of unbranched alkanes of at least 4 members (excludes halogenated alkanes) is 13. The van der Waals surface area contributed by atoms with Crippen LogP contribution in [0.4, 0.5) is 0 Å². The van der Waals surface area contributed by atoms with Gasteiger partial charge in [0.1, 0.15) is 11.3 Å². The molecule has 0 aromatic heterocycles. The Balaban J connectivity index is 0.000000291. The number of benzene rings is 1. The quantitative estimate of drug-likeness (QED) is 0.0954. The van der Waals surface area contributed by atoms with Gasteiger partial charge in [-0.15, -0.1) is 0 Å². The van der Waals surface area contributed by atoms with Gasteiger partial charge in [-0.05, 0) is 86.8 Å². The minimum absolute atomic E-state index is 0.115. The predicted molar refractivity (Wildman–Crippen MR) is 195 cm³/mol. The molecule has 3 fully saturated rings. The fourth-order valence-corrected chi connectivity index (χ4v) is 10.0. The van der Waals surface area contributed by atoms with Crippen LogP contribution in [0.25, 0.3) is 0 Å². The molecule has 3 aliphatic rings. The second kappa shape index (κ2) is 20.0. The van der Waals surface area contributed by atoms with Crippen LogP contribution in [0.5, 0.6) is 5.75 Å².